The van der Waals surface area contributed by atoms with Crippen molar-refractivity contribution in [1.82, 2.24) is 19.1 Å². The third-order valence-corrected chi connectivity index (χ3v) is 4.96. The van der Waals surface area contributed by atoms with E-state index in [1.807, 2.05) is 30.3 Å². The van der Waals surface area contributed by atoms with Crippen LogP contribution in [0.2, 0.25) is 0 Å². The molecule has 0 saturated heterocycles. The van der Waals surface area contributed by atoms with Gasteiger partial charge in [0, 0.05) is 13.6 Å². The predicted octanol–water partition coefficient (Wildman–Crippen LogP) is 1.35. The van der Waals surface area contributed by atoms with Crippen molar-refractivity contribution in [3.05, 3.63) is 56.7 Å². The average Bonchev–Trinajstić information content (AvgIpc) is 2.96. The molecule has 1 N–H and O–H groups in total. The molecule has 3 aromatic rings. The van der Waals surface area contributed by atoms with Crippen molar-refractivity contribution < 1.29 is 4.79 Å². The Hall–Kier alpha value is -2.61. The molecule has 0 fully saturated rings. The Labute approximate surface area is 147 Å². The largest absolute Gasteiger partial charge is 0.329 e. The highest BCUT2D eigenvalue weighted by Gasteiger charge is 2.18. The van der Waals surface area contributed by atoms with Gasteiger partial charge in [-0.2, -0.15) is 0 Å². The Morgan fingerprint density at radius 3 is 2.64 bits per heavy atom. The van der Waals surface area contributed by atoms with Crippen LogP contribution in [0.25, 0.3) is 11.2 Å². The topological polar surface area (TPSA) is 89.8 Å². The summed E-state index contributed by atoms with van der Waals surface area (Å²) >= 11 is 1.27. The number of carbonyl (C=O) groups is 1. The minimum absolute atomic E-state index is 0.0227. The van der Waals surface area contributed by atoms with Crippen LogP contribution in [-0.2, 0) is 24.8 Å². The molecule has 0 unspecified atom stereocenters. The van der Waals surface area contributed by atoms with E-state index in [-0.39, 0.29) is 11.5 Å². The van der Waals surface area contributed by atoms with Crippen molar-refractivity contribution in [1.29, 1.82) is 0 Å². The van der Waals surface area contributed by atoms with E-state index >= 15 is 0 Å². The molecule has 1 aromatic carbocycles. The molecular formula is C17H18N4O3S. The number of benzene rings is 1. The second-order valence-electron chi connectivity index (χ2n) is 5.76. The normalized spacial score (nSPS) is 11.1. The number of carbonyl (C=O) groups excluding carboxylic acids is 1. The molecule has 25 heavy (non-hydrogen) atoms. The van der Waals surface area contributed by atoms with E-state index in [0.717, 1.165) is 5.56 Å². The minimum Gasteiger partial charge on any atom is -0.313 e. The van der Waals surface area contributed by atoms with Crippen LogP contribution in [0.3, 0.4) is 0 Å². The van der Waals surface area contributed by atoms with Crippen molar-refractivity contribution in [3.63, 3.8) is 0 Å². The van der Waals surface area contributed by atoms with E-state index < -0.39 is 11.2 Å². The summed E-state index contributed by atoms with van der Waals surface area (Å²) in [5.74, 6) is 0.287. The Morgan fingerprint density at radius 1 is 1.24 bits per heavy atom. The summed E-state index contributed by atoms with van der Waals surface area (Å²) in [4.78, 5) is 42.2. The number of hydrogen-bond donors (Lipinski definition) is 1. The number of aromatic amines is 1. The number of Topliss-reactive ketones (excluding diaryl/α,β-unsaturated/α-hetero) is 1. The van der Waals surface area contributed by atoms with Crippen molar-refractivity contribution in [3.8, 4) is 0 Å². The highest BCUT2D eigenvalue weighted by molar-refractivity contribution is 7.99. The van der Waals surface area contributed by atoms with E-state index in [1.54, 1.807) is 11.6 Å². The summed E-state index contributed by atoms with van der Waals surface area (Å²) in [5, 5.41) is 0.563. The van der Waals surface area contributed by atoms with Gasteiger partial charge >= 0.3 is 5.69 Å². The van der Waals surface area contributed by atoms with E-state index in [9.17, 15) is 14.4 Å². The molecule has 2 aromatic heterocycles. The van der Waals surface area contributed by atoms with Crippen molar-refractivity contribution in [2.75, 3.05) is 5.75 Å². The van der Waals surface area contributed by atoms with Gasteiger partial charge in [-0.15, -0.1) is 0 Å². The number of ketones is 1. The van der Waals surface area contributed by atoms with Gasteiger partial charge in [-0.25, -0.2) is 9.78 Å². The van der Waals surface area contributed by atoms with E-state index in [1.165, 1.54) is 23.3 Å². The van der Waals surface area contributed by atoms with Gasteiger partial charge in [0.1, 0.15) is 5.78 Å². The molecule has 0 aliphatic carbocycles. The third kappa shape index (κ3) is 3.58. The lowest BCUT2D eigenvalue weighted by atomic mass is 10.1. The Morgan fingerprint density at radius 2 is 1.96 bits per heavy atom. The summed E-state index contributed by atoms with van der Waals surface area (Å²) in [5.41, 5.74) is 0.840. The first-order valence-corrected chi connectivity index (χ1v) is 8.81. The van der Waals surface area contributed by atoms with E-state index in [4.69, 9.17) is 0 Å². The highest BCUT2D eigenvalue weighted by atomic mass is 32.2. The first kappa shape index (κ1) is 17.2. The molecule has 130 valence electrons. The molecule has 2 heterocycles. The SMILES string of the molecule is CC(=O)CSc1nc2c(c(=O)[nH]c(=O)n2C)n1CCc1ccccc1. The zero-order valence-electron chi connectivity index (χ0n) is 14.0. The van der Waals surface area contributed by atoms with Crippen LogP contribution in [0, 0.1) is 0 Å². The summed E-state index contributed by atoms with van der Waals surface area (Å²) < 4.78 is 3.10. The zero-order chi connectivity index (χ0) is 18.0. The van der Waals surface area contributed by atoms with Crippen LogP contribution in [0.5, 0.6) is 0 Å². The number of fused-ring (bicyclic) bond motifs is 1. The maximum Gasteiger partial charge on any atom is 0.329 e. The van der Waals surface area contributed by atoms with Crippen molar-refractivity contribution in [2.24, 2.45) is 7.05 Å². The first-order valence-electron chi connectivity index (χ1n) is 7.83. The smallest absolute Gasteiger partial charge is 0.313 e. The number of hydrogen-bond acceptors (Lipinski definition) is 5. The number of thioether (sulfide) groups is 1. The Kier molecular flexibility index (Phi) is 4.89. The molecule has 3 rings (SSSR count). The molecule has 0 bridgehead atoms. The maximum atomic E-state index is 12.3. The van der Waals surface area contributed by atoms with Gasteiger partial charge in [-0.3, -0.25) is 19.1 Å². The lowest BCUT2D eigenvalue weighted by molar-refractivity contribution is -0.114. The number of imidazole rings is 1. The quantitative estimate of drug-likeness (QED) is 0.672. The monoisotopic (exact) mass is 358 g/mol. The van der Waals surface area contributed by atoms with Crippen LogP contribution < -0.4 is 11.2 Å². The lowest BCUT2D eigenvalue weighted by Gasteiger charge is -2.08. The number of H-pyrrole nitrogens is 1. The van der Waals surface area contributed by atoms with E-state index in [2.05, 4.69) is 9.97 Å². The fraction of sp³-hybridized carbons (Fsp3) is 0.294. The number of nitrogens with zero attached hydrogens (tertiary/aromatic N) is 3. The van der Waals surface area contributed by atoms with Crippen LogP contribution in [0.1, 0.15) is 12.5 Å². The third-order valence-electron chi connectivity index (χ3n) is 3.84. The lowest BCUT2D eigenvalue weighted by Crippen LogP contribution is -2.29. The Balaban J connectivity index is 2.07. The molecule has 0 amide bonds. The van der Waals surface area contributed by atoms with Crippen LogP contribution in [-0.4, -0.2) is 30.6 Å². The molecule has 0 saturated carbocycles. The zero-order valence-corrected chi connectivity index (χ0v) is 14.8. The van der Waals surface area contributed by atoms with Crippen LogP contribution in [0.4, 0.5) is 0 Å². The van der Waals surface area contributed by atoms with Crippen molar-refractivity contribution in [2.45, 2.75) is 25.0 Å². The molecule has 0 aliphatic rings. The molecule has 0 atom stereocenters. The van der Waals surface area contributed by atoms with Gasteiger partial charge in [0.25, 0.3) is 5.56 Å². The molecule has 0 aliphatic heterocycles. The van der Waals surface area contributed by atoms with Gasteiger partial charge < -0.3 is 4.57 Å². The summed E-state index contributed by atoms with van der Waals surface area (Å²) in [7, 11) is 1.56. The second-order valence-corrected chi connectivity index (χ2v) is 6.71. The Bertz CT molecular complexity index is 1030. The van der Waals surface area contributed by atoms with Gasteiger partial charge in [-0.05, 0) is 18.9 Å². The van der Waals surface area contributed by atoms with Crippen LogP contribution in [0.15, 0.2) is 45.1 Å². The van der Waals surface area contributed by atoms with Gasteiger partial charge in [0.2, 0.25) is 0 Å². The molecule has 7 nitrogen and oxygen atoms in total. The number of aromatic nitrogens is 4. The van der Waals surface area contributed by atoms with E-state index in [0.29, 0.717) is 29.3 Å². The summed E-state index contributed by atoms with van der Waals surface area (Å²) in [6.45, 7) is 2.04. The van der Waals surface area contributed by atoms with Gasteiger partial charge in [0.15, 0.2) is 16.3 Å². The van der Waals surface area contributed by atoms with Gasteiger partial charge in [-0.1, -0.05) is 42.1 Å². The summed E-state index contributed by atoms with van der Waals surface area (Å²) in [6.07, 6.45) is 0.711. The standard InChI is InChI=1S/C17H18N4O3S/c1-11(22)10-25-17-18-14-13(15(23)19-16(24)20(14)2)21(17)9-8-12-6-4-3-5-7-12/h3-7H,8-10H2,1-2H3,(H,19,23,24). The summed E-state index contributed by atoms with van der Waals surface area (Å²) in [6, 6.07) is 9.90. The predicted molar refractivity (Wildman–Crippen MR) is 97.1 cm³/mol. The molecule has 0 radical (unpaired) electrons. The maximum absolute atomic E-state index is 12.3. The van der Waals surface area contributed by atoms with Gasteiger partial charge in [0.05, 0.1) is 5.75 Å². The fourth-order valence-electron chi connectivity index (χ4n) is 2.58. The fourth-order valence-corrected chi connectivity index (χ4v) is 3.41. The minimum atomic E-state index is -0.506. The average molecular weight is 358 g/mol. The first-order chi connectivity index (χ1) is 12.0. The molecule has 8 heteroatoms. The van der Waals surface area contributed by atoms with Crippen LogP contribution >= 0.6 is 11.8 Å². The molecule has 0 spiro atoms. The molecular weight excluding hydrogens is 340 g/mol. The number of nitrogens with one attached hydrogen (secondary N) is 1. The second kappa shape index (κ2) is 7.10. The van der Waals surface area contributed by atoms with Crippen molar-refractivity contribution >= 4 is 28.7 Å². The number of aryl methyl sites for hydroxylation is 3. The highest BCUT2D eigenvalue weighted by Crippen LogP contribution is 2.22. The number of rotatable bonds is 6.